The van der Waals surface area contributed by atoms with Crippen LogP contribution in [-0.2, 0) is 4.74 Å². The Hall–Kier alpha value is -1.10. The topological polar surface area (TPSA) is 52.1 Å². The smallest absolute Gasteiger partial charge is 0.357 e. The molecule has 1 aromatic heterocycles. The third-order valence-electron chi connectivity index (χ3n) is 1.98. The van der Waals surface area contributed by atoms with Crippen molar-refractivity contribution in [3.05, 3.63) is 17.5 Å². The second-order valence-corrected chi connectivity index (χ2v) is 4.31. The molecule has 1 aromatic rings. The molecular formula is C11H16N2O2S. The van der Waals surface area contributed by atoms with Gasteiger partial charge in [0, 0.05) is 5.69 Å². The van der Waals surface area contributed by atoms with E-state index in [4.69, 9.17) is 4.74 Å². The Balaban J connectivity index is 3.08. The van der Waals surface area contributed by atoms with Gasteiger partial charge in [-0.25, -0.2) is 14.8 Å². The molecule has 0 unspecified atom stereocenters. The fourth-order valence-corrected chi connectivity index (χ4v) is 1.53. The number of aromatic nitrogens is 2. The van der Waals surface area contributed by atoms with Crippen LogP contribution in [-0.4, -0.2) is 28.8 Å². The predicted molar refractivity (Wildman–Crippen MR) is 63.9 cm³/mol. The van der Waals surface area contributed by atoms with Gasteiger partial charge in [0.2, 0.25) is 0 Å². The summed E-state index contributed by atoms with van der Waals surface area (Å²) in [5.74, 6) is -0.121. The highest BCUT2D eigenvalue weighted by atomic mass is 32.2. The molecule has 0 N–H and O–H groups in total. The number of carbonyl (C=O) groups excluding carboxylic acids is 1. The number of hydrogen-bond acceptors (Lipinski definition) is 5. The first-order valence-electron chi connectivity index (χ1n) is 5.18. The van der Waals surface area contributed by atoms with Crippen molar-refractivity contribution >= 4 is 17.7 Å². The van der Waals surface area contributed by atoms with Gasteiger partial charge in [-0.15, -0.1) is 0 Å². The Morgan fingerprint density at radius 1 is 1.50 bits per heavy atom. The molecule has 0 amide bonds. The molecule has 0 fully saturated rings. The van der Waals surface area contributed by atoms with Crippen LogP contribution in [0.5, 0.6) is 0 Å². The first-order valence-corrected chi connectivity index (χ1v) is 6.41. The maximum absolute atomic E-state index is 11.6. The third kappa shape index (κ3) is 3.20. The molecule has 0 radical (unpaired) electrons. The van der Waals surface area contributed by atoms with E-state index in [1.807, 2.05) is 20.1 Å². The molecule has 88 valence electrons. The van der Waals surface area contributed by atoms with Gasteiger partial charge in [-0.3, -0.25) is 0 Å². The zero-order chi connectivity index (χ0) is 12.1. The SMILES string of the molecule is CCOC(=O)c1cc(C(C)C)nc(SC)n1. The number of nitrogens with zero attached hydrogens (tertiary/aromatic N) is 2. The zero-order valence-electron chi connectivity index (χ0n) is 9.98. The van der Waals surface area contributed by atoms with Gasteiger partial charge >= 0.3 is 5.97 Å². The van der Waals surface area contributed by atoms with Gasteiger partial charge in [0.05, 0.1) is 6.61 Å². The summed E-state index contributed by atoms with van der Waals surface area (Å²) in [4.78, 5) is 20.0. The maximum atomic E-state index is 11.6. The summed E-state index contributed by atoms with van der Waals surface area (Å²) < 4.78 is 4.92. The van der Waals surface area contributed by atoms with E-state index >= 15 is 0 Å². The summed E-state index contributed by atoms with van der Waals surface area (Å²) >= 11 is 1.42. The lowest BCUT2D eigenvalue weighted by Gasteiger charge is -2.08. The Bertz CT molecular complexity index is 380. The highest BCUT2D eigenvalue weighted by Gasteiger charge is 2.13. The van der Waals surface area contributed by atoms with E-state index in [9.17, 15) is 4.79 Å². The maximum Gasteiger partial charge on any atom is 0.357 e. The van der Waals surface area contributed by atoms with Crippen LogP contribution in [0.2, 0.25) is 0 Å². The number of esters is 1. The van der Waals surface area contributed by atoms with Gasteiger partial charge in [-0.05, 0) is 25.2 Å². The molecule has 0 aliphatic rings. The second-order valence-electron chi connectivity index (χ2n) is 3.54. The third-order valence-corrected chi connectivity index (χ3v) is 2.53. The average Bonchev–Trinajstić information content (AvgIpc) is 2.28. The summed E-state index contributed by atoms with van der Waals surface area (Å²) in [5, 5.41) is 0.606. The van der Waals surface area contributed by atoms with E-state index < -0.39 is 0 Å². The molecule has 0 bridgehead atoms. The largest absolute Gasteiger partial charge is 0.461 e. The van der Waals surface area contributed by atoms with Gasteiger partial charge in [-0.1, -0.05) is 25.6 Å². The van der Waals surface area contributed by atoms with Crippen molar-refractivity contribution in [1.82, 2.24) is 9.97 Å². The number of ether oxygens (including phenoxy) is 1. The summed E-state index contributed by atoms with van der Waals surface area (Å²) in [6.45, 7) is 6.19. The van der Waals surface area contributed by atoms with Gasteiger partial charge in [0.15, 0.2) is 10.9 Å². The monoisotopic (exact) mass is 240 g/mol. The number of carbonyl (C=O) groups is 1. The molecular weight excluding hydrogens is 224 g/mol. The summed E-state index contributed by atoms with van der Waals surface area (Å²) in [6.07, 6.45) is 1.88. The van der Waals surface area contributed by atoms with Crippen LogP contribution in [0.3, 0.4) is 0 Å². The van der Waals surface area contributed by atoms with E-state index in [-0.39, 0.29) is 11.9 Å². The standard InChI is InChI=1S/C11H16N2O2S/c1-5-15-10(14)9-6-8(7(2)3)12-11(13-9)16-4/h6-7H,5H2,1-4H3. The van der Waals surface area contributed by atoms with Crippen molar-refractivity contribution in [2.24, 2.45) is 0 Å². The Morgan fingerprint density at radius 2 is 2.19 bits per heavy atom. The molecule has 1 rings (SSSR count). The minimum Gasteiger partial charge on any atom is -0.461 e. The minimum absolute atomic E-state index is 0.266. The number of rotatable bonds is 4. The van der Waals surface area contributed by atoms with Crippen LogP contribution in [0.15, 0.2) is 11.2 Å². The summed E-state index contributed by atoms with van der Waals surface area (Å²) in [5.41, 5.74) is 1.20. The van der Waals surface area contributed by atoms with Crippen molar-refractivity contribution in [1.29, 1.82) is 0 Å². The molecule has 4 nitrogen and oxygen atoms in total. The summed E-state index contributed by atoms with van der Waals surface area (Å²) in [6, 6.07) is 1.70. The van der Waals surface area contributed by atoms with Crippen LogP contribution in [0, 0.1) is 0 Å². The molecule has 0 spiro atoms. The lowest BCUT2D eigenvalue weighted by Crippen LogP contribution is -2.10. The summed E-state index contributed by atoms with van der Waals surface area (Å²) in [7, 11) is 0. The van der Waals surface area contributed by atoms with Crippen LogP contribution in [0.1, 0.15) is 42.9 Å². The second kappa shape index (κ2) is 5.84. The van der Waals surface area contributed by atoms with E-state index in [1.165, 1.54) is 11.8 Å². The van der Waals surface area contributed by atoms with Gasteiger partial charge in [0.25, 0.3) is 0 Å². The first kappa shape index (κ1) is 13.0. The molecule has 0 aromatic carbocycles. The molecule has 16 heavy (non-hydrogen) atoms. The molecule has 0 saturated carbocycles. The van der Waals surface area contributed by atoms with Crippen molar-refractivity contribution < 1.29 is 9.53 Å². The molecule has 0 saturated heterocycles. The quantitative estimate of drug-likeness (QED) is 0.460. The molecule has 5 heteroatoms. The van der Waals surface area contributed by atoms with Crippen molar-refractivity contribution in [3.63, 3.8) is 0 Å². The Morgan fingerprint density at radius 3 is 2.69 bits per heavy atom. The van der Waals surface area contributed by atoms with Crippen molar-refractivity contribution in [2.75, 3.05) is 12.9 Å². The first-order chi connectivity index (χ1) is 7.58. The Kier molecular flexibility index (Phi) is 4.73. The lowest BCUT2D eigenvalue weighted by molar-refractivity contribution is 0.0518. The highest BCUT2D eigenvalue weighted by Crippen LogP contribution is 2.17. The molecule has 1 heterocycles. The predicted octanol–water partition coefficient (Wildman–Crippen LogP) is 2.50. The van der Waals surface area contributed by atoms with Crippen LogP contribution < -0.4 is 0 Å². The van der Waals surface area contributed by atoms with Crippen molar-refractivity contribution in [2.45, 2.75) is 31.8 Å². The van der Waals surface area contributed by atoms with Gasteiger partial charge in [0.1, 0.15) is 0 Å². The van der Waals surface area contributed by atoms with E-state index in [2.05, 4.69) is 9.97 Å². The lowest BCUT2D eigenvalue weighted by atomic mass is 10.1. The average molecular weight is 240 g/mol. The van der Waals surface area contributed by atoms with Crippen LogP contribution >= 0.6 is 11.8 Å². The highest BCUT2D eigenvalue weighted by molar-refractivity contribution is 7.98. The van der Waals surface area contributed by atoms with Crippen LogP contribution in [0.25, 0.3) is 0 Å². The molecule has 0 atom stereocenters. The molecule has 0 aliphatic heterocycles. The van der Waals surface area contributed by atoms with Crippen molar-refractivity contribution in [3.8, 4) is 0 Å². The van der Waals surface area contributed by atoms with E-state index in [0.29, 0.717) is 17.5 Å². The number of hydrogen-bond donors (Lipinski definition) is 0. The van der Waals surface area contributed by atoms with E-state index in [1.54, 1.807) is 13.0 Å². The fourth-order valence-electron chi connectivity index (χ4n) is 1.14. The fraction of sp³-hybridized carbons (Fsp3) is 0.545. The van der Waals surface area contributed by atoms with Gasteiger partial charge in [-0.2, -0.15) is 0 Å². The number of thioether (sulfide) groups is 1. The zero-order valence-corrected chi connectivity index (χ0v) is 10.8. The normalized spacial score (nSPS) is 10.6. The minimum atomic E-state index is -0.387. The van der Waals surface area contributed by atoms with E-state index in [0.717, 1.165) is 5.69 Å². The Labute approximate surface area is 99.8 Å². The molecule has 0 aliphatic carbocycles. The van der Waals surface area contributed by atoms with Crippen LogP contribution in [0.4, 0.5) is 0 Å². The van der Waals surface area contributed by atoms with Gasteiger partial charge < -0.3 is 4.74 Å².